The highest BCUT2D eigenvalue weighted by Crippen LogP contribution is 2.36. The zero-order valence-corrected chi connectivity index (χ0v) is 11.3. The van der Waals surface area contributed by atoms with Crippen molar-refractivity contribution in [2.75, 3.05) is 13.2 Å². The SMILES string of the molecule is CCC(=O)NC1CCC2(CC1)OCC(C)(N)CO2. The summed E-state index contributed by atoms with van der Waals surface area (Å²) in [7, 11) is 0. The molecule has 0 radical (unpaired) electrons. The monoisotopic (exact) mass is 256 g/mol. The highest BCUT2D eigenvalue weighted by Gasteiger charge is 2.43. The van der Waals surface area contributed by atoms with Crippen LogP contribution in [-0.2, 0) is 14.3 Å². The van der Waals surface area contributed by atoms with Crippen molar-refractivity contribution in [3.63, 3.8) is 0 Å². The zero-order chi connectivity index (χ0) is 13.2. The van der Waals surface area contributed by atoms with Gasteiger partial charge in [-0.1, -0.05) is 6.92 Å². The van der Waals surface area contributed by atoms with Gasteiger partial charge in [-0.3, -0.25) is 4.79 Å². The first kappa shape index (κ1) is 13.8. The number of hydrogen-bond acceptors (Lipinski definition) is 4. The second-order valence-corrected chi connectivity index (χ2v) is 5.84. The van der Waals surface area contributed by atoms with Crippen LogP contribution in [0.4, 0.5) is 0 Å². The molecule has 0 bridgehead atoms. The minimum absolute atomic E-state index is 0.121. The third kappa shape index (κ3) is 3.22. The maximum atomic E-state index is 11.3. The van der Waals surface area contributed by atoms with Gasteiger partial charge in [-0.25, -0.2) is 0 Å². The van der Waals surface area contributed by atoms with E-state index in [4.69, 9.17) is 15.2 Å². The summed E-state index contributed by atoms with van der Waals surface area (Å²) in [5.41, 5.74) is 5.60. The van der Waals surface area contributed by atoms with Gasteiger partial charge in [-0.15, -0.1) is 0 Å². The molecule has 0 aromatic rings. The Morgan fingerprint density at radius 1 is 1.33 bits per heavy atom. The van der Waals surface area contributed by atoms with E-state index in [1.165, 1.54) is 0 Å². The minimum Gasteiger partial charge on any atom is -0.353 e. The van der Waals surface area contributed by atoms with Crippen molar-refractivity contribution in [2.24, 2.45) is 5.73 Å². The van der Waals surface area contributed by atoms with E-state index in [9.17, 15) is 4.79 Å². The van der Waals surface area contributed by atoms with E-state index in [0.717, 1.165) is 25.7 Å². The predicted octanol–water partition coefficient (Wildman–Crippen LogP) is 0.916. The Hall–Kier alpha value is -0.650. The predicted molar refractivity (Wildman–Crippen MR) is 67.9 cm³/mol. The lowest BCUT2D eigenvalue weighted by molar-refractivity contribution is -0.298. The Morgan fingerprint density at radius 3 is 2.39 bits per heavy atom. The lowest BCUT2D eigenvalue weighted by Crippen LogP contribution is -2.58. The van der Waals surface area contributed by atoms with Crippen molar-refractivity contribution in [3.8, 4) is 0 Å². The van der Waals surface area contributed by atoms with Crippen LogP contribution < -0.4 is 11.1 Å². The van der Waals surface area contributed by atoms with Gasteiger partial charge >= 0.3 is 0 Å². The van der Waals surface area contributed by atoms with Crippen molar-refractivity contribution < 1.29 is 14.3 Å². The largest absolute Gasteiger partial charge is 0.353 e. The number of ether oxygens (including phenoxy) is 2. The third-order valence-corrected chi connectivity index (χ3v) is 3.76. The van der Waals surface area contributed by atoms with Crippen LogP contribution in [0.25, 0.3) is 0 Å². The van der Waals surface area contributed by atoms with Gasteiger partial charge in [0.2, 0.25) is 5.91 Å². The first-order valence-electron chi connectivity index (χ1n) is 6.81. The van der Waals surface area contributed by atoms with Crippen LogP contribution in [0.5, 0.6) is 0 Å². The lowest BCUT2D eigenvalue weighted by atomic mass is 9.88. The number of carbonyl (C=O) groups is 1. The average molecular weight is 256 g/mol. The van der Waals surface area contributed by atoms with Crippen molar-refractivity contribution in [2.45, 2.75) is 63.3 Å². The highest BCUT2D eigenvalue weighted by atomic mass is 16.7. The number of rotatable bonds is 2. The van der Waals surface area contributed by atoms with Crippen LogP contribution in [0, 0.1) is 0 Å². The van der Waals surface area contributed by atoms with Gasteiger partial charge in [0.1, 0.15) is 0 Å². The van der Waals surface area contributed by atoms with Crippen LogP contribution >= 0.6 is 0 Å². The summed E-state index contributed by atoms with van der Waals surface area (Å²) in [6, 6.07) is 0.265. The smallest absolute Gasteiger partial charge is 0.219 e. The molecule has 1 aliphatic heterocycles. The second-order valence-electron chi connectivity index (χ2n) is 5.84. The van der Waals surface area contributed by atoms with E-state index in [1.807, 2.05) is 13.8 Å². The molecule has 1 saturated carbocycles. The quantitative estimate of drug-likeness (QED) is 0.770. The fourth-order valence-electron chi connectivity index (χ4n) is 2.50. The van der Waals surface area contributed by atoms with Gasteiger partial charge in [-0.05, 0) is 19.8 Å². The van der Waals surface area contributed by atoms with Gasteiger partial charge in [0.15, 0.2) is 5.79 Å². The Kier molecular flexibility index (Phi) is 3.94. The molecule has 1 spiro atoms. The molecule has 3 N–H and O–H groups in total. The number of amides is 1. The Bertz CT molecular complexity index is 297. The van der Waals surface area contributed by atoms with Crippen molar-refractivity contribution in [1.82, 2.24) is 5.32 Å². The van der Waals surface area contributed by atoms with Gasteiger partial charge in [0, 0.05) is 25.3 Å². The molecule has 1 heterocycles. The molecule has 0 atom stereocenters. The molecule has 18 heavy (non-hydrogen) atoms. The van der Waals surface area contributed by atoms with Gasteiger partial charge in [0.05, 0.1) is 18.8 Å². The maximum Gasteiger partial charge on any atom is 0.219 e. The molecule has 1 amide bonds. The lowest BCUT2D eigenvalue weighted by Gasteiger charge is -2.46. The molecular weight excluding hydrogens is 232 g/mol. The van der Waals surface area contributed by atoms with Crippen molar-refractivity contribution in [1.29, 1.82) is 0 Å². The van der Waals surface area contributed by atoms with E-state index in [-0.39, 0.29) is 17.5 Å². The molecule has 5 nitrogen and oxygen atoms in total. The van der Waals surface area contributed by atoms with Crippen LogP contribution in [0.15, 0.2) is 0 Å². The molecule has 1 saturated heterocycles. The summed E-state index contributed by atoms with van der Waals surface area (Å²) in [5.74, 6) is -0.331. The second kappa shape index (κ2) is 5.15. The number of nitrogens with one attached hydrogen (secondary N) is 1. The number of hydrogen-bond donors (Lipinski definition) is 2. The van der Waals surface area contributed by atoms with Crippen LogP contribution in [0.2, 0.25) is 0 Å². The number of nitrogens with two attached hydrogens (primary N) is 1. The average Bonchev–Trinajstić information content (AvgIpc) is 2.36. The van der Waals surface area contributed by atoms with E-state index in [2.05, 4.69) is 5.32 Å². The molecular formula is C13H24N2O3. The number of carbonyl (C=O) groups excluding carboxylic acids is 1. The van der Waals surface area contributed by atoms with Crippen LogP contribution in [0.3, 0.4) is 0 Å². The van der Waals surface area contributed by atoms with Gasteiger partial charge in [0.25, 0.3) is 0 Å². The van der Waals surface area contributed by atoms with Gasteiger partial charge < -0.3 is 20.5 Å². The van der Waals surface area contributed by atoms with E-state index < -0.39 is 5.79 Å². The van der Waals surface area contributed by atoms with Crippen molar-refractivity contribution in [3.05, 3.63) is 0 Å². The highest BCUT2D eigenvalue weighted by molar-refractivity contribution is 5.75. The molecule has 0 aromatic carbocycles. The Labute approximate surface area is 108 Å². The Balaban J connectivity index is 1.81. The van der Waals surface area contributed by atoms with Crippen molar-refractivity contribution >= 4 is 5.91 Å². The van der Waals surface area contributed by atoms with E-state index >= 15 is 0 Å². The first-order valence-corrected chi connectivity index (χ1v) is 6.81. The van der Waals surface area contributed by atoms with Gasteiger partial charge in [-0.2, -0.15) is 0 Å². The summed E-state index contributed by atoms with van der Waals surface area (Å²) in [6.07, 6.45) is 4.02. The molecule has 0 aromatic heterocycles. The van der Waals surface area contributed by atoms with E-state index in [0.29, 0.717) is 19.6 Å². The molecule has 104 valence electrons. The third-order valence-electron chi connectivity index (χ3n) is 3.76. The Morgan fingerprint density at radius 2 is 1.89 bits per heavy atom. The summed E-state index contributed by atoms with van der Waals surface area (Å²) in [4.78, 5) is 11.3. The fourth-order valence-corrected chi connectivity index (χ4v) is 2.50. The normalized spacial score (nSPS) is 40.7. The van der Waals surface area contributed by atoms with E-state index in [1.54, 1.807) is 0 Å². The first-order chi connectivity index (χ1) is 8.45. The van der Waals surface area contributed by atoms with Crippen LogP contribution in [-0.4, -0.2) is 36.5 Å². The topological polar surface area (TPSA) is 73.6 Å². The molecule has 2 rings (SSSR count). The minimum atomic E-state index is -0.452. The molecule has 2 aliphatic rings. The molecule has 5 heteroatoms. The molecule has 0 unspecified atom stereocenters. The summed E-state index contributed by atoms with van der Waals surface area (Å²) in [6.45, 7) is 4.89. The zero-order valence-electron chi connectivity index (χ0n) is 11.3. The standard InChI is InChI=1S/C13H24N2O3/c1-3-11(16)15-10-4-6-13(7-5-10)17-8-12(2,14)9-18-13/h10H,3-9,14H2,1-2H3,(H,15,16). The summed E-state index contributed by atoms with van der Waals surface area (Å²) in [5, 5.41) is 3.03. The van der Waals surface area contributed by atoms with Crippen LogP contribution in [0.1, 0.15) is 46.0 Å². The summed E-state index contributed by atoms with van der Waals surface area (Å²) < 4.78 is 11.7. The maximum absolute atomic E-state index is 11.3. The molecule has 2 fully saturated rings. The fraction of sp³-hybridized carbons (Fsp3) is 0.923. The molecule has 1 aliphatic carbocycles. The summed E-state index contributed by atoms with van der Waals surface area (Å²) >= 11 is 0.